The van der Waals surface area contributed by atoms with Gasteiger partial charge in [0.15, 0.2) is 4.73 Å². The first-order valence-corrected chi connectivity index (χ1v) is 4.02. The van der Waals surface area contributed by atoms with Crippen LogP contribution in [-0.4, -0.2) is 16.5 Å². The highest BCUT2D eigenvalue weighted by Crippen LogP contribution is 2.02. The molecule has 10 heavy (non-hydrogen) atoms. The predicted molar refractivity (Wildman–Crippen MR) is 43.7 cm³/mol. The van der Waals surface area contributed by atoms with Crippen molar-refractivity contribution in [1.82, 2.24) is 15.3 Å². The van der Waals surface area contributed by atoms with Crippen LogP contribution in [0.5, 0.6) is 0 Å². The second kappa shape index (κ2) is 3.73. The number of hydrogen-bond acceptors (Lipinski definition) is 2. The highest BCUT2D eigenvalue weighted by atomic mass is 79.9. The van der Waals surface area contributed by atoms with Gasteiger partial charge in [0.25, 0.3) is 0 Å². The third-order valence-electron chi connectivity index (χ3n) is 1.16. The van der Waals surface area contributed by atoms with Crippen LogP contribution in [0.2, 0.25) is 0 Å². The van der Waals surface area contributed by atoms with Gasteiger partial charge in [0.05, 0.1) is 6.20 Å². The predicted octanol–water partition coefficient (Wildman–Crippen LogP) is 1.28. The van der Waals surface area contributed by atoms with Crippen LogP contribution >= 0.6 is 15.9 Å². The molecular weight excluding hydrogens is 194 g/mol. The first kappa shape index (κ1) is 7.75. The molecule has 0 atom stereocenters. The number of aromatic nitrogens is 2. The molecule has 4 heteroatoms. The van der Waals surface area contributed by atoms with E-state index in [9.17, 15) is 0 Å². The van der Waals surface area contributed by atoms with Crippen LogP contribution in [0.4, 0.5) is 0 Å². The van der Waals surface area contributed by atoms with Crippen molar-refractivity contribution >= 4 is 15.9 Å². The third kappa shape index (κ3) is 2.11. The van der Waals surface area contributed by atoms with Gasteiger partial charge in [-0.3, -0.25) is 0 Å². The summed E-state index contributed by atoms with van der Waals surface area (Å²) in [6.07, 6.45) is 1.81. The molecule has 0 aliphatic rings. The van der Waals surface area contributed by atoms with Crippen LogP contribution in [0.3, 0.4) is 0 Å². The summed E-state index contributed by atoms with van der Waals surface area (Å²) in [5.41, 5.74) is 1.11. The van der Waals surface area contributed by atoms with E-state index >= 15 is 0 Å². The molecule has 1 aromatic heterocycles. The average molecular weight is 204 g/mol. The Labute approximate surface area is 68.4 Å². The summed E-state index contributed by atoms with van der Waals surface area (Å²) in [7, 11) is 0. The molecule has 0 aliphatic heterocycles. The van der Waals surface area contributed by atoms with Gasteiger partial charge in [-0.25, -0.2) is 4.98 Å². The zero-order chi connectivity index (χ0) is 7.40. The van der Waals surface area contributed by atoms with Gasteiger partial charge in [-0.1, -0.05) is 6.92 Å². The first-order chi connectivity index (χ1) is 4.83. The molecular formula is C6H10BrN3. The van der Waals surface area contributed by atoms with Crippen LogP contribution in [0, 0.1) is 0 Å². The van der Waals surface area contributed by atoms with E-state index < -0.39 is 0 Å². The molecule has 0 radical (unpaired) electrons. The molecule has 0 aliphatic carbocycles. The van der Waals surface area contributed by atoms with Gasteiger partial charge < -0.3 is 10.3 Å². The van der Waals surface area contributed by atoms with E-state index in [4.69, 9.17) is 0 Å². The maximum absolute atomic E-state index is 3.99. The summed E-state index contributed by atoms with van der Waals surface area (Å²) in [6.45, 7) is 3.91. The SMILES string of the molecule is CCNCc1cnc(Br)[nH]1. The van der Waals surface area contributed by atoms with Crippen LogP contribution in [0.1, 0.15) is 12.6 Å². The molecule has 1 rings (SSSR count). The molecule has 2 N–H and O–H groups in total. The average Bonchev–Trinajstić information content (AvgIpc) is 2.31. The molecule has 3 nitrogen and oxygen atoms in total. The summed E-state index contributed by atoms with van der Waals surface area (Å²) < 4.78 is 0.792. The molecule has 0 aromatic carbocycles. The Hall–Kier alpha value is -0.350. The van der Waals surface area contributed by atoms with E-state index in [1.54, 1.807) is 0 Å². The molecule has 0 fully saturated rings. The fraction of sp³-hybridized carbons (Fsp3) is 0.500. The monoisotopic (exact) mass is 203 g/mol. The molecule has 0 bridgehead atoms. The fourth-order valence-corrected chi connectivity index (χ4v) is 1.04. The maximum atomic E-state index is 3.99. The molecule has 0 amide bonds. The van der Waals surface area contributed by atoms with Crippen molar-refractivity contribution in [3.63, 3.8) is 0 Å². The highest BCUT2D eigenvalue weighted by Gasteiger charge is 1.94. The number of aromatic amines is 1. The minimum atomic E-state index is 0.792. The van der Waals surface area contributed by atoms with E-state index in [2.05, 4.69) is 38.1 Å². The standard InChI is InChI=1S/C6H10BrN3/c1-2-8-3-5-4-9-6(7)10-5/h4,8H,2-3H2,1H3,(H,9,10). The number of imidazole rings is 1. The van der Waals surface area contributed by atoms with Crippen LogP contribution in [-0.2, 0) is 6.54 Å². The summed E-state index contributed by atoms with van der Waals surface area (Å²) in [4.78, 5) is 7.04. The highest BCUT2D eigenvalue weighted by molar-refractivity contribution is 9.10. The number of H-pyrrole nitrogens is 1. The second-order valence-electron chi connectivity index (χ2n) is 1.98. The van der Waals surface area contributed by atoms with Crippen molar-refractivity contribution in [2.75, 3.05) is 6.54 Å². The maximum Gasteiger partial charge on any atom is 0.174 e. The lowest BCUT2D eigenvalue weighted by Crippen LogP contribution is -2.11. The molecule has 56 valence electrons. The van der Waals surface area contributed by atoms with Crippen molar-refractivity contribution in [3.05, 3.63) is 16.6 Å². The summed E-state index contributed by atoms with van der Waals surface area (Å²) >= 11 is 3.23. The number of rotatable bonds is 3. The Balaban J connectivity index is 2.42. The molecule has 0 spiro atoms. The van der Waals surface area contributed by atoms with Gasteiger partial charge in [0, 0.05) is 12.2 Å². The van der Waals surface area contributed by atoms with Crippen LogP contribution in [0.25, 0.3) is 0 Å². The van der Waals surface area contributed by atoms with E-state index in [0.717, 1.165) is 23.5 Å². The minimum Gasteiger partial charge on any atom is -0.335 e. The first-order valence-electron chi connectivity index (χ1n) is 3.23. The largest absolute Gasteiger partial charge is 0.335 e. The number of halogens is 1. The lowest BCUT2D eigenvalue weighted by Gasteiger charge is -1.95. The third-order valence-corrected chi connectivity index (χ3v) is 1.57. The van der Waals surface area contributed by atoms with E-state index in [1.165, 1.54) is 0 Å². The van der Waals surface area contributed by atoms with Gasteiger partial charge >= 0.3 is 0 Å². The topological polar surface area (TPSA) is 40.7 Å². The van der Waals surface area contributed by atoms with Crippen molar-refractivity contribution in [2.45, 2.75) is 13.5 Å². The zero-order valence-corrected chi connectivity index (χ0v) is 7.40. The van der Waals surface area contributed by atoms with E-state index in [-0.39, 0.29) is 0 Å². The molecule has 0 saturated heterocycles. The quantitative estimate of drug-likeness (QED) is 0.778. The van der Waals surface area contributed by atoms with Crippen LogP contribution < -0.4 is 5.32 Å². The van der Waals surface area contributed by atoms with Crippen molar-refractivity contribution in [2.24, 2.45) is 0 Å². The zero-order valence-electron chi connectivity index (χ0n) is 5.82. The molecule has 1 aromatic rings. The lowest BCUT2D eigenvalue weighted by molar-refractivity contribution is 0.713. The van der Waals surface area contributed by atoms with Crippen molar-refractivity contribution in [3.8, 4) is 0 Å². The van der Waals surface area contributed by atoms with Gasteiger partial charge in [0.2, 0.25) is 0 Å². The summed E-state index contributed by atoms with van der Waals surface area (Å²) in [6, 6.07) is 0. The Bertz CT molecular complexity index is 197. The number of nitrogens with one attached hydrogen (secondary N) is 2. The molecule has 0 unspecified atom stereocenters. The summed E-state index contributed by atoms with van der Waals surface area (Å²) in [5.74, 6) is 0. The van der Waals surface area contributed by atoms with Crippen molar-refractivity contribution < 1.29 is 0 Å². The minimum absolute atomic E-state index is 0.792. The Morgan fingerprint density at radius 3 is 3.10 bits per heavy atom. The van der Waals surface area contributed by atoms with Gasteiger partial charge in [-0.05, 0) is 22.5 Å². The smallest absolute Gasteiger partial charge is 0.174 e. The number of hydrogen-bond donors (Lipinski definition) is 2. The van der Waals surface area contributed by atoms with Gasteiger partial charge in [-0.15, -0.1) is 0 Å². The molecule has 1 heterocycles. The Morgan fingerprint density at radius 1 is 1.80 bits per heavy atom. The second-order valence-corrected chi connectivity index (χ2v) is 2.73. The van der Waals surface area contributed by atoms with E-state index in [1.807, 2.05) is 6.20 Å². The van der Waals surface area contributed by atoms with Crippen LogP contribution in [0.15, 0.2) is 10.9 Å². The number of nitrogens with zero attached hydrogens (tertiary/aromatic N) is 1. The van der Waals surface area contributed by atoms with Crippen molar-refractivity contribution in [1.29, 1.82) is 0 Å². The summed E-state index contributed by atoms with van der Waals surface area (Å²) in [5, 5.41) is 3.19. The molecule has 0 saturated carbocycles. The Kier molecular flexibility index (Phi) is 2.89. The normalized spacial score (nSPS) is 10.2. The fourth-order valence-electron chi connectivity index (χ4n) is 0.681. The lowest BCUT2D eigenvalue weighted by atomic mass is 10.5. The Morgan fingerprint density at radius 2 is 2.60 bits per heavy atom. The van der Waals surface area contributed by atoms with E-state index in [0.29, 0.717) is 0 Å². The van der Waals surface area contributed by atoms with Gasteiger partial charge in [-0.2, -0.15) is 0 Å². The van der Waals surface area contributed by atoms with Gasteiger partial charge in [0.1, 0.15) is 0 Å².